The largest absolute Gasteiger partial charge is 0.497 e. The summed E-state index contributed by atoms with van der Waals surface area (Å²) in [5, 5.41) is 3.03. The van der Waals surface area contributed by atoms with Crippen molar-refractivity contribution in [1.29, 1.82) is 0 Å². The molecule has 1 aromatic heterocycles. The number of carbonyl (C=O) groups excluding carboxylic acids is 1. The minimum Gasteiger partial charge on any atom is -0.497 e. The lowest BCUT2D eigenvalue weighted by molar-refractivity contribution is 0.145. The van der Waals surface area contributed by atoms with Gasteiger partial charge in [-0.2, -0.15) is 4.98 Å². The van der Waals surface area contributed by atoms with E-state index in [9.17, 15) is 4.79 Å². The number of para-hydroxylation sites is 1. The van der Waals surface area contributed by atoms with Crippen LogP contribution in [-0.2, 0) is 0 Å². The van der Waals surface area contributed by atoms with Gasteiger partial charge in [-0.25, -0.2) is 14.2 Å². The number of piperazine rings is 1. The van der Waals surface area contributed by atoms with E-state index in [0.717, 1.165) is 39.1 Å². The van der Waals surface area contributed by atoms with Gasteiger partial charge in [0.2, 0.25) is 11.8 Å². The molecule has 1 saturated heterocycles. The first-order chi connectivity index (χ1) is 24.2. The summed E-state index contributed by atoms with van der Waals surface area (Å²) in [6.45, 7) is 5.43. The highest BCUT2D eigenvalue weighted by molar-refractivity contribution is 5.91. The van der Waals surface area contributed by atoms with E-state index < -0.39 is 11.9 Å². The van der Waals surface area contributed by atoms with Crippen molar-refractivity contribution in [1.82, 2.24) is 19.8 Å². The second kappa shape index (κ2) is 16.9. The Kier molecular flexibility index (Phi) is 12.1. The Bertz CT molecular complexity index is 1770. The Balaban J connectivity index is 1.37. The van der Waals surface area contributed by atoms with Crippen LogP contribution in [0.4, 0.5) is 26.5 Å². The van der Waals surface area contributed by atoms with E-state index in [1.807, 2.05) is 0 Å². The maximum absolute atomic E-state index is 15.2. The first-order valence-electron chi connectivity index (χ1n) is 16.1. The highest BCUT2D eigenvalue weighted by atomic mass is 19.1. The van der Waals surface area contributed by atoms with Crippen LogP contribution in [0.1, 0.15) is 6.42 Å². The molecule has 0 radical (unpaired) electrons. The van der Waals surface area contributed by atoms with Gasteiger partial charge >= 0.3 is 6.09 Å². The van der Waals surface area contributed by atoms with Crippen LogP contribution in [-0.4, -0.2) is 108 Å². The van der Waals surface area contributed by atoms with Crippen LogP contribution in [0.15, 0.2) is 60.7 Å². The number of carbonyl (C=O) groups is 1. The van der Waals surface area contributed by atoms with Crippen molar-refractivity contribution in [3.63, 3.8) is 0 Å². The molecule has 0 saturated carbocycles. The van der Waals surface area contributed by atoms with Gasteiger partial charge < -0.3 is 43.5 Å². The normalized spacial score (nSPS) is 13.3. The molecule has 1 amide bonds. The minimum absolute atomic E-state index is 0.0389. The quantitative estimate of drug-likeness (QED) is 0.163. The van der Waals surface area contributed by atoms with Gasteiger partial charge in [-0.05, 0) is 49.9 Å². The highest BCUT2D eigenvalue weighted by Gasteiger charge is 2.22. The summed E-state index contributed by atoms with van der Waals surface area (Å²) in [5.74, 6) is 1.41. The molecule has 0 unspecified atom stereocenters. The monoisotopic (exact) mass is 690 g/mol. The number of hydrogen-bond acceptors (Lipinski definition) is 12. The molecule has 13 nitrogen and oxygen atoms in total. The zero-order valence-corrected chi connectivity index (χ0v) is 29.2. The molecule has 4 aromatic rings. The van der Waals surface area contributed by atoms with Crippen molar-refractivity contribution in [3.05, 3.63) is 66.5 Å². The summed E-state index contributed by atoms with van der Waals surface area (Å²) in [7, 11) is 9.72. The predicted molar refractivity (Wildman–Crippen MR) is 188 cm³/mol. The van der Waals surface area contributed by atoms with Crippen molar-refractivity contribution >= 4 is 23.4 Å². The number of anilines is 3. The fraction of sp³-hybridized carbons (Fsp3) is 0.361. The number of likely N-dealkylation sites (N-methyl/N-ethyl adjacent to an activating group) is 1. The molecule has 5 rings (SSSR count). The Morgan fingerprint density at radius 1 is 0.880 bits per heavy atom. The number of amides is 1. The van der Waals surface area contributed by atoms with Crippen molar-refractivity contribution in [2.24, 2.45) is 0 Å². The van der Waals surface area contributed by atoms with E-state index in [1.165, 1.54) is 52.5 Å². The van der Waals surface area contributed by atoms with Gasteiger partial charge in [-0.1, -0.05) is 6.07 Å². The van der Waals surface area contributed by atoms with Gasteiger partial charge in [0.15, 0.2) is 23.1 Å². The summed E-state index contributed by atoms with van der Waals surface area (Å²) in [6.07, 6.45) is 0.0312. The fourth-order valence-corrected chi connectivity index (χ4v) is 5.44. The van der Waals surface area contributed by atoms with Crippen molar-refractivity contribution in [3.8, 4) is 45.9 Å². The molecule has 2 heterocycles. The Morgan fingerprint density at radius 2 is 1.64 bits per heavy atom. The topological polar surface area (TPSA) is 120 Å². The average Bonchev–Trinajstić information content (AvgIpc) is 3.13. The van der Waals surface area contributed by atoms with E-state index in [-0.39, 0.29) is 17.6 Å². The molecule has 0 bridgehead atoms. The number of halogens is 1. The smallest absolute Gasteiger partial charge is 0.420 e. The summed E-state index contributed by atoms with van der Waals surface area (Å²) in [6, 6.07) is 16.4. The van der Waals surface area contributed by atoms with Crippen LogP contribution in [0.5, 0.6) is 34.6 Å². The lowest BCUT2D eigenvalue weighted by Gasteiger charge is -2.32. The Labute approximate surface area is 291 Å². The van der Waals surface area contributed by atoms with E-state index >= 15 is 4.39 Å². The van der Waals surface area contributed by atoms with E-state index in [0.29, 0.717) is 52.2 Å². The standard InChI is InChI=1S/C36H43FN6O7/c1-41-16-18-43(19-17-41)15-8-20-49-30-13-11-24(21-27(30)37)38-35-39-28(26-9-7-10-32(47-5)34(26)48-6)23-33(40-35)50-36(44)42(2)29-22-25(45-3)12-14-31(29)46-4/h7,9-14,21-23H,8,15-20H2,1-6H3,(H,38,39,40). The number of nitrogens with one attached hydrogen (secondary N) is 1. The second-order valence-corrected chi connectivity index (χ2v) is 11.5. The van der Waals surface area contributed by atoms with Crippen LogP contribution in [0.25, 0.3) is 11.3 Å². The van der Waals surface area contributed by atoms with Gasteiger partial charge in [-0.3, -0.25) is 4.90 Å². The molecule has 0 aliphatic carbocycles. The van der Waals surface area contributed by atoms with Gasteiger partial charge in [0.05, 0.1) is 46.4 Å². The molecule has 14 heteroatoms. The average molecular weight is 691 g/mol. The number of nitrogens with zero attached hydrogens (tertiary/aromatic N) is 5. The van der Waals surface area contributed by atoms with Gasteiger partial charge in [-0.15, -0.1) is 0 Å². The Morgan fingerprint density at radius 3 is 2.34 bits per heavy atom. The number of methoxy groups -OCH3 is 4. The number of benzene rings is 3. The van der Waals surface area contributed by atoms with Crippen LogP contribution in [0, 0.1) is 5.82 Å². The van der Waals surface area contributed by atoms with Gasteiger partial charge in [0, 0.05) is 69.2 Å². The lowest BCUT2D eigenvalue weighted by Crippen LogP contribution is -2.44. The zero-order chi connectivity index (χ0) is 35.6. The highest BCUT2D eigenvalue weighted by Crippen LogP contribution is 2.39. The molecular weight excluding hydrogens is 647 g/mol. The summed E-state index contributed by atoms with van der Waals surface area (Å²) in [5.41, 5.74) is 1.67. The molecule has 1 fully saturated rings. The molecule has 1 N–H and O–H groups in total. The molecule has 1 aliphatic heterocycles. The lowest BCUT2D eigenvalue weighted by atomic mass is 10.1. The number of aromatic nitrogens is 2. The summed E-state index contributed by atoms with van der Waals surface area (Å²) >= 11 is 0. The second-order valence-electron chi connectivity index (χ2n) is 11.5. The van der Waals surface area contributed by atoms with Crippen molar-refractivity contribution < 1.29 is 37.6 Å². The van der Waals surface area contributed by atoms with E-state index in [4.69, 9.17) is 28.4 Å². The molecular formula is C36H43FN6O7. The molecule has 1 aliphatic rings. The Hall–Kier alpha value is -5.34. The number of ether oxygens (including phenoxy) is 6. The van der Waals surface area contributed by atoms with Crippen molar-refractivity contribution in [2.75, 3.05) is 92.1 Å². The van der Waals surface area contributed by atoms with Crippen LogP contribution < -0.4 is 38.6 Å². The maximum atomic E-state index is 15.2. The molecule has 266 valence electrons. The van der Waals surface area contributed by atoms with Crippen molar-refractivity contribution in [2.45, 2.75) is 6.42 Å². The van der Waals surface area contributed by atoms with Gasteiger partial charge in [0.1, 0.15) is 11.5 Å². The molecule has 50 heavy (non-hydrogen) atoms. The van der Waals surface area contributed by atoms with E-state index in [2.05, 4.69) is 32.1 Å². The fourth-order valence-electron chi connectivity index (χ4n) is 5.44. The third-order valence-electron chi connectivity index (χ3n) is 8.25. The first-order valence-corrected chi connectivity index (χ1v) is 16.1. The van der Waals surface area contributed by atoms with E-state index in [1.54, 1.807) is 48.5 Å². The van der Waals surface area contributed by atoms with Crippen LogP contribution in [0.3, 0.4) is 0 Å². The first kappa shape index (κ1) is 36.0. The van der Waals surface area contributed by atoms with Gasteiger partial charge in [0.25, 0.3) is 0 Å². The number of hydrogen-bond donors (Lipinski definition) is 1. The third kappa shape index (κ3) is 8.81. The molecule has 0 atom stereocenters. The third-order valence-corrected chi connectivity index (χ3v) is 8.25. The molecule has 0 spiro atoms. The maximum Gasteiger partial charge on any atom is 0.420 e. The number of rotatable bonds is 14. The summed E-state index contributed by atoms with van der Waals surface area (Å²) < 4.78 is 48.6. The molecule has 3 aromatic carbocycles. The summed E-state index contributed by atoms with van der Waals surface area (Å²) in [4.78, 5) is 28.5. The predicted octanol–water partition coefficient (Wildman–Crippen LogP) is 5.71. The van der Waals surface area contributed by atoms with Crippen LogP contribution >= 0.6 is 0 Å². The minimum atomic E-state index is -0.759. The van der Waals surface area contributed by atoms with Crippen LogP contribution in [0.2, 0.25) is 0 Å². The SMILES string of the molecule is COc1ccc(OC)c(N(C)C(=O)Oc2cc(-c3cccc(OC)c3OC)nc(Nc3ccc(OCCCN4CCN(C)CC4)c(F)c3)n2)c1. The zero-order valence-electron chi connectivity index (χ0n) is 29.2.